The van der Waals surface area contributed by atoms with Crippen LogP contribution in [0.1, 0.15) is 0 Å². The summed E-state index contributed by atoms with van der Waals surface area (Å²) in [5.41, 5.74) is 0.942. The number of nitrogens with zero attached hydrogens (tertiary/aromatic N) is 5. The molecule has 0 N–H and O–H groups in total. The Morgan fingerprint density at radius 1 is 0.909 bits per heavy atom. The van der Waals surface area contributed by atoms with Gasteiger partial charge in [-0.1, -0.05) is 34.8 Å². The van der Waals surface area contributed by atoms with Gasteiger partial charge in [0.2, 0.25) is 0 Å². The van der Waals surface area contributed by atoms with E-state index >= 15 is 0 Å². The molecular weight excluding hydrogens is 485 g/mol. The summed E-state index contributed by atoms with van der Waals surface area (Å²) < 4.78 is 1.50. The first-order valence-corrected chi connectivity index (χ1v) is 11.4. The lowest BCUT2D eigenvalue weighted by atomic mass is 10.2. The maximum atomic E-state index is 13.3. The first kappa shape index (κ1) is 23.4. The van der Waals surface area contributed by atoms with Gasteiger partial charge in [-0.25, -0.2) is 9.78 Å². The van der Waals surface area contributed by atoms with E-state index in [0.29, 0.717) is 64.1 Å². The first-order chi connectivity index (χ1) is 15.7. The molecule has 0 atom stereocenters. The topological polar surface area (TPSA) is 61.7 Å². The van der Waals surface area contributed by atoms with Gasteiger partial charge in [0.15, 0.2) is 5.82 Å². The molecule has 0 unspecified atom stereocenters. The summed E-state index contributed by atoms with van der Waals surface area (Å²) in [5, 5.41) is 1.44. The molecule has 1 aliphatic heterocycles. The van der Waals surface area contributed by atoms with Gasteiger partial charge in [-0.3, -0.25) is 9.36 Å². The van der Waals surface area contributed by atoms with Crippen molar-refractivity contribution in [3.8, 4) is 17.1 Å². The second kappa shape index (κ2) is 9.63. The Kier molecular flexibility index (Phi) is 6.83. The third kappa shape index (κ3) is 4.95. The molecule has 1 aromatic heterocycles. The second-order valence-corrected chi connectivity index (χ2v) is 9.14. The van der Waals surface area contributed by atoms with Crippen LogP contribution in [0, 0.1) is 0 Å². The number of hydrogen-bond acceptors (Lipinski definition) is 4. The van der Waals surface area contributed by atoms with Gasteiger partial charge in [0.05, 0.1) is 10.7 Å². The van der Waals surface area contributed by atoms with Gasteiger partial charge in [-0.05, 0) is 42.5 Å². The normalized spacial score (nSPS) is 13.8. The standard InChI is InChI=1S/C23H22Cl3N5O2/c1-28(2)23(33)30-11-9-29(10-12-30)20-14-21(32)31(17-6-3-15(24)4-7-17)22(27-20)18-8-5-16(25)13-19(18)26/h3-8,13-14H,9-12H2,1-2H3. The third-order valence-electron chi connectivity index (χ3n) is 5.42. The van der Waals surface area contributed by atoms with Gasteiger partial charge in [-0.15, -0.1) is 0 Å². The van der Waals surface area contributed by atoms with E-state index in [4.69, 9.17) is 39.8 Å². The number of carbonyl (C=O) groups is 1. The highest BCUT2D eigenvalue weighted by molar-refractivity contribution is 6.36. The number of piperazine rings is 1. The van der Waals surface area contributed by atoms with Gasteiger partial charge in [-0.2, -0.15) is 0 Å². The predicted molar refractivity (Wildman–Crippen MR) is 133 cm³/mol. The average Bonchev–Trinajstić information content (AvgIpc) is 2.79. The Labute approximate surface area is 206 Å². The Hall–Kier alpha value is -2.74. The van der Waals surface area contributed by atoms with Gasteiger partial charge in [0.25, 0.3) is 5.56 Å². The average molecular weight is 507 g/mol. The fourth-order valence-corrected chi connectivity index (χ4v) is 4.35. The number of amides is 2. The quantitative estimate of drug-likeness (QED) is 0.518. The molecule has 7 nitrogen and oxygen atoms in total. The minimum atomic E-state index is -0.255. The van der Waals surface area contributed by atoms with E-state index in [2.05, 4.69) is 0 Å². The van der Waals surface area contributed by atoms with Crippen LogP contribution in [0.3, 0.4) is 0 Å². The molecule has 1 aliphatic rings. The molecule has 0 spiro atoms. The molecule has 0 bridgehead atoms. The number of halogens is 3. The van der Waals surface area contributed by atoms with Crippen molar-refractivity contribution in [3.05, 3.63) is 74.0 Å². The Morgan fingerprint density at radius 2 is 1.55 bits per heavy atom. The molecule has 0 saturated carbocycles. The minimum absolute atomic E-state index is 0.0330. The molecule has 2 heterocycles. The molecule has 0 aliphatic carbocycles. The zero-order valence-corrected chi connectivity index (χ0v) is 20.4. The SMILES string of the molecule is CN(C)C(=O)N1CCN(c2cc(=O)n(-c3ccc(Cl)cc3)c(-c3ccc(Cl)cc3Cl)n2)CC1. The van der Waals surface area contributed by atoms with E-state index in [0.717, 1.165) is 0 Å². The lowest BCUT2D eigenvalue weighted by Gasteiger charge is -2.36. The molecule has 4 rings (SSSR count). The van der Waals surface area contributed by atoms with Crippen LogP contribution in [0.5, 0.6) is 0 Å². The number of hydrogen-bond donors (Lipinski definition) is 0. The molecule has 1 fully saturated rings. The summed E-state index contributed by atoms with van der Waals surface area (Å²) in [7, 11) is 3.46. The number of rotatable bonds is 3. The number of carbonyl (C=O) groups excluding carboxylic acids is 1. The monoisotopic (exact) mass is 505 g/mol. The molecule has 0 radical (unpaired) electrons. The Balaban J connectivity index is 1.77. The minimum Gasteiger partial charge on any atom is -0.353 e. The molecular formula is C23H22Cl3N5O2. The first-order valence-electron chi connectivity index (χ1n) is 10.3. The van der Waals surface area contributed by atoms with Crippen LogP contribution >= 0.6 is 34.8 Å². The van der Waals surface area contributed by atoms with Crippen LogP contribution in [-0.2, 0) is 0 Å². The Morgan fingerprint density at radius 3 is 2.15 bits per heavy atom. The van der Waals surface area contributed by atoms with Crippen LogP contribution in [0.4, 0.5) is 10.6 Å². The van der Waals surface area contributed by atoms with Crippen LogP contribution in [0.15, 0.2) is 53.3 Å². The number of anilines is 1. The van der Waals surface area contributed by atoms with Crippen molar-refractivity contribution in [3.63, 3.8) is 0 Å². The van der Waals surface area contributed by atoms with E-state index in [-0.39, 0.29) is 11.6 Å². The van der Waals surface area contributed by atoms with Crippen molar-refractivity contribution in [2.75, 3.05) is 45.2 Å². The van der Waals surface area contributed by atoms with Crippen molar-refractivity contribution < 1.29 is 4.79 Å². The number of aromatic nitrogens is 2. The van der Waals surface area contributed by atoms with Crippen molar-refractivity contribution in [1.82, 2.24) is 19.4 Å². The summed E-state index contributed by atoms with van der Waals surface area (Å²) >= 11 is 18.6. The summed E-state index contributed by atoms with van der Waals surface area (Å²) in [6, 6.07) is 13.5. The van der Waals surface area contributed by atoms with Crippen molar-refractivity contribution in [2.24, 2.45) is 0 Å². The van der Waals surface area contributed by atoms with Gasteiger partial charge < -0.3 is 14.7 Å². The van der Waals surface area contributed by atoms with Crippen LogP contribution in [0.25, 0.3) is 17.1 Å². The predicted octanol–water partition coefficient (Wildman–Crippen LogP) is 4.66. The molecule has 1 saturated heterocycles. The van der Waals surface area contributed by atoms with Crippen LogP contribution in [0.2, 0.25) is 15.1 Å². The highest BCUT2D eigenvalue weighted by Crippen LogP contribution is 2.31. The maximum absolute atomic E-state index is 13.3. The second-order valence-electron chi connectivity index (χ2n) is 7.86. The highest BCUT2D eigenvalue weighted by Gasteiger charge is 2.25. The van der Waals surface area contributed by atoms with Crippen molar-refractivity contribution in [1.29, 1.82) is 0 Å². The fourth-order valence-electron chi connectivity index (χ4n) is 3.73. The number of benzene rings is 2. The number of urea groups is 1. The zero-order chi connectivity index (χ0) is 23.7. The van der Waals surface area contributed by atoms with Crippen LogP contribution in [-0.4, -0.2) is 65.7 Å². The maximum Gasteiger partial charge on any atom is 0.319 e. The lowest BCUT2D eigenvalue weighted by molar-refractivity contribution is 0.168. The van der Waals surface area contributed by atoms with E-state index in [9.17, 15) is 9.59 Å². The van der Waals surface area contributed by atoms with Crippen molar-refractivity contribution in [2.45, 2.75) is 0 Å². The third-order valence-corrected chi connectivity index (χ3v) is 6.22. The molecule has 10 heteroatoms. The molecule has 33 heavy (non-hydrogen) atoms. The summed E-state index contributed by atoms with van der Waals surface area (Å²) in [6.45, 7) is 2.20. The van der Waals surface area contributed by atoms with Crippen LogP contribution < -0.4 is 10.5 Å². The summed E-state index contributed by atoms with van der Waals surface area (Å²) in [5.74, 6) is 0.927. The van der Waals surface area contributed by atoms with E-state index in [1.165, 1.54) is 10.6 Å². The largest absolute Gasteiger partial charge is 0.353 e. The molecule has 2 aromatic carbocycles. The van der Waals surface area contributed by atoms with E-state index in [1.807, 2.05) is 4.90 Å². The highest BCUT2D eigenvalue weighted by atomic mass is 35.5. The summed E-state index contributed by atoms with van der Waals surface area (Å²) in [4.78, 5) is 35.8. The van der Waals surface area contributed by atoms with Crippen molar-refractivity contribution >= 4 is 46.7 Å². The Bertz CT molecular complexity index is 1240. The lowest BCUT2D eigenvalue weighted by Crippen LogP contribution is -2.52. The van der Waals surface area contributed by atoms with Gasteiger partial charge in [0.1, 0.15) is 5.82 Å². The molecule has 3 aromatic rings. The molecule has 2 amide bonds. The smallest absolute Gasteiger partial charge is 0.319 e. The molecule has 172 valence electrons. The summed E-state index contributed by atoms with van der Waals surface area (Å²) in [6.07, 6.45) is 0. The van der Waals surface area contributed by atoms with Gasteiger partial charge in [0, 0.05) is 61.9 Å². The van der Waals surface area contributed by atoms with E-state index < -0.39 is 0 Å². The zero-order valence-electron chi connectivity index (χ0n) is 18.1. The fraction of sp³-hybridized carbons (Fsp3) is 0.261. The van der Waals surface area contributed by atoms with Gasteiger partial charge >= 0.3 is 6.03 Å². The van der Waals surface area contributed by atoms with E-state index in [1.54, 1.807) is 66.4 Å².